The molecule has 1 saturated carbocycles. The Kier molecular flexibility index (Phi) is 4.77. The van der Waals surface area contributed by atoms with Crippen molar-refractivity contribution < 1.29 is 9.69 Å². The zero-order chi connectivity index (χ0) is 19.1. The van der Waals surface area contributed by atoms with Gasteiger partial charge in [-0.15, -0.1) is 11.3 Å². The fourth-order valence-electron chi connectivity index (χ4n) is 4.29. The first kappa shape index (κ1) is 18.2. The summed E-state index contributed by atoms with van der Waals surface area (Å²) in [5.74, 6) is 0.329. The van der Waals surface area contributed by atoms with Crippen LogP contribution in [0.2, 0.25) is 0 Å². The SMILES string of the molecule is CCCn1c(N)c(C(=O)C[NH+]2CCc3sccc3[C@H]2C2CC2)c(=O)[nH]c1=O. The zero-order valence-electron chi connectivity index (χ0n) is 15.4. The molecule has 0 aromatic carbocycles. The fourth-order valence-corrected chi connectivity index (χ4v) is 5.22. The van der Waals surface area contributed by atoms with E-state index >= 15 is 0 Å². The van der Waals surface area contributed by atoms with Gasteiger partial charge in [0.05, 0.1) is 6.54 Å². The number of nitrogens with zero attached hydrogens (tertiary/aromatic N) is 1. The van der Waals surface area contributed by atoms with Crippen LogP contribution in [0.25, 0.3) is 0 Å². The quantitative estimate of drug-likeness (QED) is 0.621. The van der Waals surface area contributed by atoms with Crippen molar-refractivity contribution in [2.24, 2.45) is 5.92 Å². The number of hydrogen-bond donors (Lipinski definition) is 3. The molecular formula is C19H25N4O3S+. The van der Waals surface area contributed by atoms with Gasteiger partial charge < -0.3 is 10.6 Å². The summed E-state index contributed by atoms with van der Waals surface area (Å²) < 4.78 is 1.29. The molecule has 2 aromatic heterocycles. The van der Waals surface area contributed by atoms with Gasteiger partial charge in [0.15, 0.2) is 0 Å². The summed E-state index contributed by atoms with van der Waals surface area (Å²) in [6, 6.07) is 2.51. The van der Waals surface area contributed by atoms with Gasteiger partial charge in [0.1, 0.15) is 24.0 Å². The van der Waals surface area contributed by atoms with Crippen LogP contribution in [0.4, 0.5) is 5.82 Å². The van der Waals surface area contributed by atoms with Gasteiger partial charge in [0.25, 0.3) is 5.56 Å². The van der Waals surface area contributed by atoms with Gasteiger partial charge in [-0.3, -0.25) is 19.1 Å². The third-order valence-corrected chi connectivity index (χ3v) is 6.67. The lowest BCUT2D eigenvalue weighted by molar-refractivity contribution is -0.928. The predicted molar refractivity (Wildman–Crippen MR) is 105 cm³/mol. The highest BCUT2D eigenvalue weighted by molar-refractivity contribution is 7.10. The van der Waals surface area contributed by atoms with E-state index < -0.39 is 11.2 Å². The Morgan fingerprint density at radius 2 is 2.19 bits per heavy atom. The maximum atomic E-state index is 13.0. The number of aromatic nitrogens is 2. The number of nitrogens with one attached hydrogen (secondary N) is 2. The Hall–Kier alpha value is -2.19. The summed E-state index contributed by atoms with van der Waals surface area (Å²) >= 11 is 1.79. The molecule has 8 heteroatoms. The Morgan fingerprint density at radius 3 is 2.89 bits per heavy atom. The molecule has 7 nitrogen and oxygen atoms in total. The molecule has 3 heterocycles. The average molecular weight is 390 g/mol. The lowest BCUT2D eigenvalue weighted by Crippen LogP contribution is -3.14. The van der Waals surface area contributed by atoms with E-state index in [0.717, 1.165) is 13.0 Å². The number of thiophene rings is 1. The molecule has 2 atom stereocenters. The highest BCUT2D eigenvalue weighted by Gasteiger charge is 2.44. The second kappa shape index (κ2) is 7.09. The molecule has 0 radical (unpaired) electrons. The maximum absolute atomic E-state index is 13.0. The Balaban J connectivity index is 1.64. The number of anilines is 1. The second-order valence-electron chi connectivity index (χ2n) is 7.54. The Labute approximate surface area is 160 Å². The van der Waals surface area contributed by atoms with Crippen LogP contribution in [-0.2, 0) is 13.0 Å². The molecule has 1 unspecified atom stereocenters. The normalized spacial score (nSPS) is 21.8. The lowest BCUT2D eigenvalue weighted by Gasteiger charge is -2.32. The molecule has 2 aromatic rings. The molecule has 0 spiro atoms. The van der Waals surface area contributed by atoms with Crippen LogP contribution in [0, 0.1) is 5.92 Å². The van der Waals surface area contributed by atoms with E-state index in [1.807, 2.05) is 6.92 Å². The molecule has 144 valence electrons. The first-order valence-corrected chi connectivity index (χ1v) is 10.5. The third-order valence-electron chi connectivity index (χ3n) is 5.67. The van der Waals surface area contributed by atoms with Crippen LogP contribution in [0.15, 0.2) is 21.0 Å². The molecule has 1 fully saturated rings. The molecule has 4 N–H and O–H groups in total. The molecule has 1 aliphatic heterocycles. The van der Waals surface area contributed by atoms with Gasteiger partial charge in [-0.1, -0.05) is 6.92 Å². The Bertz CT molecular complexity index is 986. The second-order valence-corrected chi connectivity index (χ2v) is 8.54. The van der Waals surface area contributed by atoms with Crippen LogP contribution < -0.4 is 21.9 Å². The fraction of sp³-hybridized carbons (Fsp3) is 0.526. The molecule has 27 heavy (non-hydrogen) atoms. The molecule has 0 amide bonds. The summed E-state index contributed by atoms with van der Waals surface area (Å²) in [6.07, 6.45) is 4.04. The van der Waals surface area contributed by atoms with Gasteiger partial charge >= 0.3 is 5.69 Å². The maximum Gasteiger partial charge on any atom is 0.329 e. The van der Waals surface area contributed by atoms with E-state index in [1.165, 1.54) is 32.7 Å². The largest absolute Gasteiger partial charge is 0.384 e. The minimum absolute atomic E-state index is 0.00814. The van der Waals surface area contributed by atoms with Crippen molar-refractivity contribution in [1.29, 1.82) is 0 Å². The van der Waals surface area contributed by atoms with E-state index in [-0.39, 0.29) is 23.7 Å². The number of nitrogens with two attached hydrogens (primary N) is 1. The number of fused-ring (bicyclic) bond motifs is 1. The molecule has 2 aliphatic rings. The van der Waals surface area contributed by atoms with E-state index in [1.54, 1.807) is 11.3 Å². The monoisotopic (exact) mass is 389 g/mol. The number of aromatic amines is 1. The topological polar surface area (TPSA) is 102 Å². The van der Waals surface area contributed by atoms with Crippen molar-refractivity contribution >= 4 is 22.9 Å². The van der Waals surface area contributed by atoms with E-state index in [4.69, 9.17) is 5.73 Å². The molecule has 1 aliphatic carbocycles. The van der Waals surface area contributed by atoms with Gasteiger partial charge in [0, 0.05) is 29.3 Å². The third kappa shape index (κ3) is 3.27. The van der Waals surface area contributed by atoms with Crippen LogP contribution in [-0.4, -0.2) is 28.4 Å². The number of hydrogen-bond acceptors (Lipinski definition) is 5. The van der Waals surface area contributed by atoms with Crippen molar-refractivity contribution in [3.63, 3.8) is 0 Å². The van der Waals surface area contributed by atoms with Crippen LogP contribution >= 0.6 is 11.3 Å². The molecule has 0 bridgehead atoms. The summed E-state index contributed by atoms with van der Waals surface area (Å²) in [6.45, 7) is 3.40. The molecule has 4 rings (SSSR count). The van der Waals surface area contributed by atoms with E-state index in [2.05, 4.69) is 16.4 Å². The number of H-pyrrole nitrogens is 1. The predicted octanol–water partition coefficient (Wildman–Crippen LogP) is 0.365. The zero-order valence-corrected chi connectivity index (χ0v) is 16.2. The van der Waals surface area contributed by atoms with Crippen molar-refractivity contribution in [2.45, 2.75) is 45.2 Å². The standard InChI is InChI=1S/C19H24N4O3S/c1-2-7-23-17(20)15(18(25)21-19(23)26)13(24)10-22-8-5-14-12(6-9-27-14)16(22)11-3-4-11/h6,9,11,16H,2-5,7-8,10,20H2,1H3,(H,21,25,26)/p+1/t16-/m1/s1. The number of ketones is 1. The molecule has 0 saturated heterocycles. The number of Topliss-reactive ketones (excluding diaryl/α,β-unsaturated/α-hetero) is 1. The van der Waals surface area contributed by atoms with Gasteiger partial charge in [-0.25, -0.2) is 4.79 Å². The smallest absolute Gasteiger partial charge is 0.329 e. The summed E-state index contributed by atoms with van der Waals surface area (Å²) in [5.41, 5.74) is 6.13. The van der Waals surface area contributed by atoms with Crippen LogP contribution in [0.3, 0.4) is 0 Å². The first-order valence-electron chi connectivity index (χ1n) is 9.57. The summed E-state index contributed by atoms with van der Waals surface area (Å²) in [5, 5.41) is 2.13. The number of quaternary nitrogens is 1. The minimum Gasteiger partial charge on any atom is -0.384 e. The number of rotatable bonds is 6. The lowest BCUT2D eigenvalue weighted by atomic mass is 9.95. The molecular weight excluding hydrogens is 364 g/mol. The number of carbonyl (C=O) groups is 1. The van der Waals surface area contributed by atoms with Gasteiger partial charge in [-0.2, -0.15) is 0 Å². The minimum atomic E-state index is -0.676. The van der Waals surface area contributed by atoms with Crippen molar-refractivity contribution in [1.82, 2.24) is 9.55 Å². The van der Waals surface area contributed by atoms with Crippen LogP contribution in [0.1, 0.15) is 53.0 Å². The van der Waals surface area contributed by atoms with Crippen molar-refractivity contribution in [3.8, 4) is 0 Å². The Morgan fingerprint density at radius 1 is 1.41 bits per heavy atom. The van der Waals surface area contributed by atoms with Gasteiger partial charge in [0.2, 0.25) is 5.78 Å². The average Bonchev–Trinajstić information content (AvgIpc) is 3.34. The van der Waals surface area contributed by atoms with E-state index in [9.17, 15) is 14.4 Å². The highest BCUT2D eigenvalue weighted by Crippen LogP contribution is 2.42. The van der Waals surface area contributed by atoms with Gasteiger partial charge in [-0.05, 0) is 30.7 Å². The highest BCUT2D eigenvalue weighted by atomic mass is 32.1. The summed E-state index contributed by atoms with van der Waals surface area (Å²) in [4.78, 5) is 42.2. The van der Waals surface area contributed by atoms with Crippen molar-refractivity contribution in [2.75, 3.05) is 18.8 Å². The van der Waals surface area contributed by atoms with E-state index in [0.29, 0.717) is 24.9 Å². The first-order chi connectivity index (χ1) is 13.0. The number of nitrogen functional groups attached to an aromatic ring is 1. The number of carbonyl (C=O) groups excluding carboxylic acids is 1. The van der Waals surface area contributed by atoms with Crippen LogP contribution in [0.5, 0.6) is 0 Å². The van der Waals surface area contributed by atoms with Crippen molar-refractivity contribution in [3.05, 3.63) is 48.3 Å². The summed E-state index contributed by atoms with van der Waals surface area (Å²) in [7, 11) is 0.